The van der Waals surface area contributed by atoms with Gasteiger partial charge in [-0.3, -0.25) is 9.59 Å². The molecule has 0 spiro atoms. The van der Waals surface area contributed by atoms with Gasteiger partial charge in [0.2, 0.25) is 0 Å². The van der Waals surface area contributed by atoms with E-state index in [0.717, 1.165) is 27.0 Å². The van der Waals surface area contributed by atoms with Crippen LogP contribution in [0.3, 0.4) is 0 Å². The van der Waals surface area contributed by atoms with Crippen LogP contribution in [0.2, 0.25) is 0 Å². The van der Waals surface area contributed by atoms with E-state index < -0.39 is 0 Å². The number of Topliss-reactive ketones (excluding diaryl/α,β-unsaturated/α-hetero) is 1. The quantitative estimate of drug-likeness (QED) is 0.653. The number of ether oxygens (including phenoxy) is 1. The minimum absolute atomic E-state index is 0.0890. The lowest BCUT2D eigenvalue weighted by atomic mass is 9.73. The minimum Gasteiger partial charge on any atom is -0.397 e. The second kappa shape index (κ2) is 7.43. The van der Waals surface area contributed by atoms with E-state index in [-0.39, 0.29) is 17.1 Å². The van der Waals surface area contributed by atoms with Gasteiger partial charge in [0.05, 0.1) is 24.6 Å². The highest BCUT2D eigenvalue weighted by Crippen LogP contribution is 2.46. The number of nitrogens with two attached hydrogens (primary N) is 1. The Morgan fingerprint density at radius 3 is 2.55 bits per heavy atom. The van der Waals surface area contributed by atoms with Gasteiger partial charge in [0, 0.05) is 36.0 Å². The summed E-state index contributed by atoms with van der Waals surface area (Å²) in [6.07, 6.45) is 1.19. The molecule has 160 valence electrons. The van der Waals surface area contributed by atoms with Crippen molar-refractivity contribution in [3.05, 3.63) is 46.5 Å². The number of morpholine rings is 1. The number of ketones is 1. The molecule has 1 aromatic carbocycles. The molecule has 6 nitrogen and oxygen atoms in total. The zero-order chi connectivity index (χ0) is 21.8. The molecule has 3 heterocycles. The van der Waals surface area contributed by atoms with Gasteiger partial charge in [0.25, 0.3) is 5.91 Å². The van der Waals surface area contributed by atoms with Crippen molar-refractivity contribution >= 4 is 38.9 Å². The first kappa shape index (κ1) is 20.2. The number of nitrogens with zero attached hydrogens (tertiary/aromatic N) is 2. The SMILES string of the molecule is CC1(C)CC(=O)c2c(nc3sc(C(=O)N4CCOCC4)c(N)c3c2-c2ccccc2)C1. The van der Waals surface area contributed by atoms with Crippen molar-refractivity contribution in [1.82, 2.24) is 9.88 Å². The van der Waals surface area contributed by atoms with Gasteiger partial charge in [0.15, 0.2) is 5.78 Å². The lowest BCUT2D eigenvalue weighted by Gasteiger charge is -2.31. The summed E-state index contributed by atoms with van der Waals surface area (Å²) in [6, 6.07) is 9.83. The number of benzene rings is 1. The fraction of sp³-hybridized carbons (Fsp3) is 0.375. The van der Waals surface area contributed by atoms with Crippen LogP contribution < -0.4 is 5.73 Å². The van der Waals surface area contributed by atoms with Crippen LogP contribution >= 0.6 is 11.3 Å². The molecule has 5 rings (SSSR count). The Balaban J connectivity index is 1.76. The molecule has 2 aliphatic rings. The Morgan fingerprint density at radius 2 is 1.84 bits per heavy atom. The van der Waals surface area contributed by atoms with E-state index in [0.29, 0.717) is 55.3 Å². The average molecular weight is 436 g/mol. The number of anilines is 1. The zero-order valence-electron chi connectivity index (χ0n) is 17.7. The first-order valence-electron chi connectivity index (χ1n) is 10.6. The predicted octanol–water partition coefficient (Wildman–Crippen LogP) is 4.17. The molecule has 0 bridgehead atoms. The second-order valence-corrected chi connectivity index (χ2v) is 10.0. The molecule has 1 aliphatic carbocycles. The number of thiophene rings is 1. The largest absolute Gasteiger partial charge is 0.397 e. The predicted molar refractivity (Wildman–Crippen MR) is 123 cm³/mol. The van der Waals surface area contributed by atoms with E-state index in [1.807, 2.05) is 30.3 Å². The summed E-state index contributed by atoms with van der Waals surface area (Å²) in [7, 11) is 0. The summed E-state index contributed by atoms with van der Waals surface area (Å²) >= 11 is 1.33. The van der Waals surface area contributed by atoms with Gasteiger partial charge in [0.1, 0.15) is 9.71 Å². The maximum Gasteiger partial charge on any atom is 0.266 e. The average Bonchev–Trinajstić information content (AvgIpc) is 3.08. The standard InChI is InChI=1S/C24H25N3O3S/c1-24(2)12-15-18(16(28)13-24)17(14-6-4-3-5-7-14)19-20(25)21(31-22(19)26-15)23(29)27-8-10-30-11-9-27/h3-7H,8-13,25H2,1-2H3. The molecule has 1 aliphatic heterocycles. The third-order valence-electron chi connectivity index (χ3n) is 6.07. The Hall–Kier alpha value is -2.77. The molecule has 7 heteroatoms. The summed E-state index contributed by atoms with van der Waals surface area (Å²) in [5.41, 5.74) is 10.1. The summed E-state index contributed by atoms with van der Waals surface area (Å²) in [6.45, 7) is 6.35. The van der Waals surface area contributed by atoms with Crippen molar-refractivity contribution in [2.45, 2.75) is 26.7 Å². The van der Waals surface area contributed by atoms with E-state index in [1.165, 1.54) is 11.3 Å². The number of aromatic nitrogens is 1. The molecule has 2 aromatic heterocycles. The van der Waals surface area contributed by atoms with Crippen LogP contribution in [0.4, 0.5) is 5.69 Å². The summed E-state index contributed by atoms with van der Waals surface area (Å²) < 4.78 is 5.38. The molecular weight excluding hydrogens is 410 g/mol. The fourth-order valence-electron chi connectivity index (χ4n) is 4.63. The molecule has 0 radical (unpaired) electrons. The molecule has 2 N–H and O–H groups in total. The fourth-order valence-corrected chi connectivity index (χ4v) is 5.72. The Labute approximate surface area is 185 Å². The van der Waals surface area contributed by atoms with Gasteiger partial charge in [-0.25, -0.2) is 4.98 Å². The molecule has 0 atom stereocenters. The maximum atomic E-state index is 13.3. The van der Waals surface area contributed by atoms with Crippen molar-refractivity contribution in [2.24, 2.45) is 5.41 Å². The van der Waals surface area contributed by atoms with Crippen molar-refractivity contribution in [3.63, 3.8) is 0 Å². The molecule has 1 fully saturated rings. The van der Waals surface area contributed by atoms with E-state index >= 15 is 0 Å². The van der Waals surface area contributed by atoms with Crippen LogP contribution in [0.1, 0.15) is 46.0 Å². The number of nitrogen functional groups attached to an aromatic ring is 1. The van der Waals surface area contributed by atoms with Crippen LogP contribution in [-0.4, -0.2) is 47.9 Å². The second-order valence-electron chi connectivity index (χ2n) is 9.05. The molecule has 3 aromatic rings. The lowest BCUT2D eigenvalue weighted by Crippen LogP contribution is -2.40. The number of carbonyl (C=O) groups is 2. The lowest BCUT2D eigenvalue weighted by molar-refractivity contribution is 0.0307. The third kappa shape index (κ3) is 3.42. The van der Waals surface area contributed by atoms with Gasteiger partial charge in [-0.2, -0.15) is 0 Å². The molecule has 0 unspecified atom stereocenters. The Morgan fingerprint density at radius 1 is 1.13 bits per heavy atom. The van der Waals surface area contributed by atoms with Gasteiger partial charge in [-0.1, -0.05) is 44.2 Å². The molecule has 0 saturated carbocycles. The molecule has 31 heavy (non-hydrogen) atoms. The van der Waals surface area contributed by atoms with Gasteiger partial charge in [-0.15, -0.1) is 11.3 Å². The minimum atomic E-state index is -0.145. The Bertz CT molecular complexity index is 1190. The topological polar surface area (TPSA) is 85.5 Å². The van der Waals surface area contributed by atoms with E-state index in [9.17, 15) is 9.59 Å². The normalized spacial score (nSPS) is 18.3. The molecule has 1 saturated heterocycles. The van der Waals surface area contributed by atoms with E-state index in [2.05, 4.69) is 13.8 Å². The monoisotopic (exact) mass is 435 g/mol. The van der Waals surface area contributed by atoms with Crippen LogP contribution in [0.15, 0.2) is 30.3 Å². The number of pyridine rings is 1. The van der Waals surface area contributed by atoms with Gasteiger partial charge in [-0.05, 0) is 17.4 Å². The van der Waals surface area contributed by atoms with Crippen LogP contribution in [0, 0.1) is 5.41 Å². The van der Waals surface area contributed by atoms with Crippen LogP contribution in [0.25, 0.3) is 21.3 Å². The first-order chi connectivity index (χ1) is 14.9. The first-order valence-corrected chi connectivity index (χ1v) is 11.4. The summed E-state index contributed by atoms with van der Waals surface area (Å²) in [4.78, 5) is 34.4. The summed E-state index contributed by atoms with van der Waals surface area (Å²) in [5, 5.41) is 0.722. The number of carbonyl (C=O) groups excluding carboxylic acids is 2. The highest BCUT2D eigenvalue weighted by Gasteiger charge is 2.36. The maximum absolute atomic E-state index is 13.3. The van der Waals surface area contributed by atoms with E-state index in [1.54, 1.807) is 4.90 Å². The number of hydrogen-bond acceptors (Lipinski definition) is 6. The van der Waals surface area contributed by atoms with Crippen molar-refractivity contribution in [1.29, 1.82) is 0 Å². The highest BCUT2D eigenvalue weighted by atomic mass is 32.1. The number of hydrogen-bond donors (Lipinski definition) is 1. The zero-order valence-corrected chi connectivity index (χ0v) is 18.6. The van der Waals surface area contributed by atoms with E-state index in [4.69, 9.17) is 15.5 Å². The smallest absolute Gasteiger partial charge is 0.266 e. The van der Waals surface area contributed by atoms with Crippen LogP contribution in [0.5, 0.6) is 0 Å². The third-order valence-corrected chi connectivity index (χ3v) is 7.16. The summed E-state index contributed by atoms with van der Waals surface area (Å²) in [5.74, 6) is -0.00130. The van der Waals surface area contributed by atoms with Crippen LogP contribution in [-0.2, 0) is 11.2 Å². The van der Waals surface area contributed by atoms with Crippen molar-refractivity contribution in [3.8, 4) is 11.1 Å². The number of fused-ring (bicyclic) bond motifs is 2. The highest BCUT2D eigenvalue weighted by molar-refractivity contribution is 7.21. The van der Waals surface area contributed by atoms with Crippen molar-refractivity contribution < 1.29 is 14.3 Å². The van der Waals surface area contributed by atoms with Crippen molar-refractivity contribution in [2.75, 3.05) is 32.0 Å². The molecule has 1 amide bonds. The number of rotatable bonds is 2. The molecular formula is C24H25N3O3S. The van der Waals surface area contributed by atoms with Gasteiger partial charge >= 0.3 is 0 Å². The van der Waals surface area contributed by atoms with Gasteiger partial charge < -0.3 is 15.4 Å². The number of amides is 1. The Kier molecular flexibility index (Phi) is 4.83.